The summed E-state index contributed by atoms with van der Waals surface area (Å²) in [6, 6.07) is 10.2. The van der Waals surface area contributed by atoms with Gasteiger partial charge in [-0.15, -0.1) is 0 Å². The van der Waals surface area contributed by atoms with Gasteiger partial charge in [0.15, 0.2) is 0 Å². The van der Waals surface area contributed by atoms with E-state index in [0.29, 0.717) is 38.7 Å². The number of anilines is 1. The molecule has 7 nitrogen and oxygen atoms in total. The molecule has 1 aliphatic rings. The second-order valence-corrected chi connectivity index (χ2v) is 9.38. The Balaban J connectivity index is 1.67. The number of ether oxygens (including phenoxy) is 1. The van der Waals surface area contributed by atoms with Crippen LogP contribution >= 0.6 is 0 Å². The minimum atomic E-state index is -4.84. The van der Waals surface area contributed by atoms with E-state index in [4.69, 9.17) is 4.74 Å². The number of nitrogens with one attached hydrogen (secondary N) is 1. The molecule has 0 radical (unpaired) electrons. The Morgan fingerprint density at radius 3 is 2.33 bits per heavy atom. The van der Waals surface area contributed by atoms with E-state index in [-0.39, 0.29) is 0 Å². The molecule has 33 heavy (non-hydrogen) atoms. The minimum Gasteiger partial charge on any atom is -0.497 e. The Hall–Kier alpha value is -2.79. The summed E-state index contributed by atoms with van der Waals surface area (Å²) >= 11 is 0. The molecule has 1 amide bonds. The first-order chi connectivity index (χ1) is 15.5. The molecule has 1 heterocycles. The van der Waals surface area contributed by atoms with Crippen molar-refractivity contribution in [2.24, 2.45) is 0 Å². The third-order valence-corrected chi connectivity index (χ3v) is 7.03. The van der Waals surface area contributed by atoms with Crippen LogP contribution in [0.3, 0.4) is 0 Å². The molecule has 3 rings (SSSR count). The van der Waals surface area contributed by atoms with Gasteiger partial charge in [0, 0.05) is 31.9 Å². The summed E-state index contributed by atoms with van der Waals surface area (Å²) in [5.74, 6) is 0.248. The first kappa shape index (κ1) is 24.8. The maximum atomic E-state index is 13.3. The van der Waals surface area contributed by atoms with Crippen LogP contribution in [0.2, 0.25) is 0 Å². The normalized spacial score (nSPS) is 16.3. The zero-order valence-electron chi connectivity index (χ0n) is 18.3. The van der Waals surface area contributed by atoms with Crippen LogP contribution in [0.15, 0.2) is 53.4 Å². The van der Waals surface area contributed by atoms with E-state index < -0.39 is 38.6 Å². The Bertz CT molecular complexity index is 1080. The Labute approximate surface area is 191 Å². The smallest absolute Gasteiger partial charge is 0.417 e. The first-order valence-electron chi connectivity index (χ1n) is 10.4. The molecule has 1 atom stereocenters. The number of methoxy groups -OCH3 is 1. The second kappa shape index (κ2) is 10.0. The van der Waals surface area contributed by atoms with E-state index >= 15 is 0 Å². The lowest BCUT2D eigenvalue weighted by Crippen LogP contribution is -2.48. The average molecular weight is 486 g/mol. The zero-order chi connectivity index (χ0) is 24.2. The topological polar surface area (TPSA) is 79.0 Å². The minimum absolute atomic E-state index is 0.357. The van der Waals surface area contributed by atoms with Crippen molar-refractivity contribution in [1.82, 2.24) is 9.62 Å². The predicted molar refractivity (Wildman–Crippen MR) is 118 cm³/mol. The number of alkyl halides is 3. The highest BCUT2D eigenvalue weighted by Gasteiger charge is 2.38. The average Bonchev–Trinajstić information content (AvgIpc) is 3.04. The molecule has 180 valence electrons. The number of carbonyl (C=O) groups is 1. The van der Waals surface area contributed by atoms with Gasteiger partial charge in [0.2, 0.25) is 15.9 Å². The maximum Gasteiger partial charge on any atom is 0.417 e. The van der Waals surface area contributed by atoms with E-state index in [2.05, 4.69) is 9.62 Å². The van der Waals surface area contributed by atoms with Gasteiger partial charge in [-0.25, -0.2) is 8.42 Å². The lowest BCUT2D eigenvalue weighted by molar-refractivity contribution is -0.139. The molecule has 2 aromatic carbocycles. The van der Waals surface area contributed by atoms with Gasteiger partial charge in [-0.1, -0.05) is 12.1 Å². The molecule has 1 aliphatic heterocycles. The molecule has 1 N–H and O–H groups in total. The van der Waals surface area contributed by atoms with E-state index in [1.165, 1.54) is 17.9 Å². The third-order valence-electron chi connectivity index (χ3n) is 5.43. The zero-order valence-corrected chi connectivity index (χ0v) is 19.1. The monoisotopic (exact) mass is 485 g/mol. The highest BCUT2D eigenvalue weighted by Crippen LogP contribution is 2.34. The van der Waals surface area contributed by atoms with Crippen molar-refractivity contribution >= 4 is 21.6 Å². The molecule has 0 saturated carbocycles. The van der Waals surface area contributed by atoms with Crippen LogP contribution in [0.1, 0.15) is 18.9 Å². The van der Waals surface area contributed by atoms with Gasteiger partial charge in [-0.05, 0) is 49.7 Å². The number of rotatable bonds is 6. The van der Waals surface area contributed by atoms with E-state index in [1.807, 2.05) is 24.3 Å². The van der Waals surface area contributed by atoms with Crippen LogP contribution in [0.4, 0.5) is 18.9 Å². The van der Waals surface area contributed by atoms with Crippen molar-refractivity contribution in [2.75, 3.05) is 38.2 Å². The first-order valence-corrected chi connectivity index (χ1v) is 11.9. The standard InChI is InChI=1S/C22H26F3N3O4S/c1-16(26-33(30,31)20-7-4-3-6-19(20)22(23,24)25)21(29)28-13-5-12-27(14-15-28)17-8-10-18(32-2)11-9-17/h3-4,6-11,16,26H,5,12-15H2,1-2H3/t16-/m0/s1. The van der Waals surface area contributed by atoms with Crippen molar-refractivity contribution in [2.45, 2.75) is 30.5 Å². The molecule has 11 heteroatoms. The molecule has 0 aliphatic carbocycles. The third kappa shape index (κ3) is 5.97. The van der Waals surface area contributed by atoms with Crippen LogP contribution < -0.4 is 14.4 Å². The fourth-order valence-electron chi connectivity index (χ4n) is 3.74. The fraction of sp³-hybridized carbons (Fsp3) is 0.409. The van der Waals surface area contributed by atoms with E-state index in [9.17, 15) is 26.4 Å². The fourth-order valence-corrected chi connectivity index (χ4v) is 5.17. The summed E-state index contributed by atoms with van der Waals surface area (Å²) in [5.41, 5.74) is -0.301. The van der Waals surface area contributed by atoms with Gasteiger partial charge < -0.3 is 14.5 Å². The van der Waals surface area contributed by atoms with Crippen LogP contribution in [0.25, 0.3) is 0 Å². The molecule has 0 aromatic heterocycles. The molecule has 1 saturated heterocycles. The van der Waals surface area contributed by atoms with Gasteiger partial charge in [0.25, 0.3) is 0 Å². The van der Waals surface area contributed by atoms with Crippen LogP contribution in [0, 0.1) is 0 Å². The summed E-state index contributed by atoms with van der Waals surface area (Å²) < 4.78 is 72.3. The summed E-state index contributed by atoms with van der Waals surface area (Å²) in [6.07, 6.45) is -4.18. The van der Waals surface area contributed by atoms with Crippen molar-refractivity contribution < 1.29 is 31.1 Å². The van der Waals surface area contributed by atoms with Gasteiger partial charge >= 0.3 is 6.18 Å². The SMILES string of the molecule is COc1ccc(N2CCCN(C(=O)[C@H](C)NS(=O)(=O)c3ccccc3C(F)(F)F)CC2)cc1. The molecule has 0 bridgehead atoms. The predicted octanol–water partition coefficient (Wildman–Crippen LogP) is 3.12. The molecule has 0 unspecified atom stereocenters. The van der Waals surface area contributed by atoms with Gasteiger partial charge in [-0.3, -0.25) is 4.79 Å². The Morgan fingerprint density at radius 1 is 1.03 bits per heavy atom. The Morgan fingerprint density at radius 2 is 1.70 bits per heavy atom. The highest BCUT2D eigenvalue weighted by atomic mass is 32.2. The number of hydrogen-bond acceptors (Lipinski definition) is 5. The molecular weight excluding hydrogens is 459 g/mol. The van der Waals surface area contributed by atoms with Crippen molar-refractivity contribution in [3.63, 3.8) is 0 Å². The van der Waals surface area contributed by atoms with Crippen molar-refractivity contribution in [1.29, 1.82) is 0 Å². The van der Waals surface area contributed by atoms with E-state index in [0.717, 1.165) is 23.6 Å². The largest absolute Gasteiger partial charge is 0.497 e. The quantitative estimate of drug-likeness (QED) is 0.680. The number of sulfonamides is 1. The molecular formula is C22H26F3N3O4S. The van der Waals surface area contributed by atoms with Gasteiger partial charge in [0.05, 0.1) is 23.6 Å². The number of carbonyl (C=O) groups excluding carboxylic acids is 1. The number of halogens is 3. The van der Waals surface area contributed by atoms with E-state index in [1.54, 1.807) is 7.11 Å². The molecule has 2 aromatic rings. The van der Waals surface area contributed by atoms with Crippen molar-refractivity contribution in [3.8, 4) is 5.75 Å². The second-order valence-electron chi connectivity index (χ2n) is 7.70. The highest BCUT2D eigenvalue weighted by molar-refractivity contribution is 7.89. The van der Waals surface area contributed by atoms with Crippen LogP contribution in [0.5, 0.6) is 5.75 Å². The van der Waals surface area contributed by atoms with Gasteiger partial charge in [-0.2, -0.15) is 17.9 Å². The molecule has 1 fully saturated rings. The van der Waals surface area contributed by atoms with Gasteiger partial charge in [0.1, 0.15) is 5.75 Å². The number of hydrogen-bond donors (Lipinski definition) is 1. The van der Waals surface area contributed by atoms with Crippen LogP contribution in [-0.2, 0) is 21.0 Å². The Kier molecular flexibility index (Phi) is 7.53. The van der Waals surface area contributed by atoms with Crippen molar-refractivity contribution in [3.05, 3.63) is 54.1 Å². The lowest BCUT2D eigenvalue weighted by Gasteiger charge is -2.26. The summed E-state index contributed by atoms with van der Waals surface area (Å²) in [5, 5.41) is 0. The summed E-state index contributed by atoms with van der Waals surface area (Å²) in [4.78, 5) is 15.7. The summed E-state index contributed by atoms with van der Waals surface area (Å²) in [6.45, 7) is 3.35. The van der Waals surface area contributed by atoms with Crippen LogP contribution in [-0.4, -0.2) is 58.6 Å². The molecule has 0 spiro atoms. The maximum absolute atomic E-state index is 13.3. The number of nitrogens with zero attached hydrogens (tertiary/aromatic N) is 2. The summed E-state index contributed by atoms with van der Waals surface area (Å²) in [7, 11) is -2.98. The number of benzene rings is 2. The lowest BCUT2D eigenvalue weighted by atomic mass is 10.2. The number of amides is 1.